The first-order valence-corrected chi connectivity index (χ1v) is 7.73. The Morgan fingerprint density at radius 3 is 2.68 bits per heavy atom. The lowest BCUT2D eigenvalue weighted by Gasteiger charge is -2.27. The Hall–Kier alpha value is -3.15. The summed E-state index contributed by atoms with van der Waals surface area (Å²) in [5, 5.41) is 9.13. The van der Waals surface area contributed by atoms with E-state index in [0.29, 0.717) is 23.7 Å². The van der Waals surface area contributed by atoms with E-state index in [9.17, 15) is 9.18 Å². The van der Waals surface area contributed by atoms with Crippen molar-refractivity contribution in [2.24, 2.45) is 4.99 Å². The average molecular weight is 340 g/mol. The molecule has 0 radical (unpaired) electrons. The monoisotopic (exact) mass is 340 g/mol. The van der Waals surface area contributed by atoms with Crippen molar-refractivity contribution < 1.29 is 19.0 Å². The van der Waals surface area contributed by atoms with E-state index in [-0.39, 0.29) is 12.4 Å². The Labute approximate surface area is 144 Å². The van der Waals surface area contributed by atoms with Crippen LogP contribution in [-0.2, 0) is 4.79 Å². The zero-order valence-electron chi connectivity index (χ0n) is 13.6. The number of hydrogen-bond acceptors (Lipinski definition) is 4. The molecule has 2 aromatic carbocycles. The SMILES string of the molecule is COc1cccc(C2=CCN(CC(=O)O)C(c3ccc(F)cc3)=N2)c1. The van der Waals surface area contributed by atoms with Gasteiger partial charge < -0.3 is 14.7 Å². The molecule has 6 heteroatoms. The number of hydrogen-bond donors (Lipinski definition) is 1. The molecule has 1 aliphatic rings. The number of carboxylic acid groups (broad SMARTS) is 1. The van der Waals surface area contributed by atoms with Gasteiger partial charge in [-0.15, -0.1) is 0 Å². The molecule has 0 amide bonds. The van der Waals surface area contributed by atoms with Crippen molar-refractivity contribution in [3.05, 3.63) is 71.6 Å². The van der Waals surface area contributed by atoms with Gasteiger partial charge >= 0.3 is 5.97 Å². The van der Waals surface area contributed by atoms with Crippen LogP contribution in [0.1, 0.15) is 11.1 Å². The molecule has 0 aliphatic carbocycles. The van der Waals surface area contributed by atoms with Gasteiger partial charge in [0, 0.05) is 17.7 Å². The van der Waals surface area contributed by atoms with E-state index in [1.807, 2.05) is 30.3 Å². The smallest absolute Gasteiger partial charge is 0.323 e. The van der Waals surface area contributed by atoms with E-state index in [1.165, 1.54) is 12.1 Å². The minimum Gasteiger partial charge on any atom is -0.497 e. The number of rotatable bonds is 5. The van der Waals surface area contributed by atoms with Crippen molar-refractivity contribution in [2.75, 3.05) is 20.2 Å². The van der Waals surface area contributed by atoms with Crippen LogP contribution in [0.5, 0.6) is 5.75 Å². The molecular formula is C19H17FN2O3. The summed E-state index contributed by atoms with van der Waals surface area (Å²) < 4.78 is 18.5. The molecule has 25 heavy (non-hydrogen) atoms. The molecular weight excluding hydrogens is 323 g/mol. The van der Waals surface area contributed by atoms with Crippen LogP contribution in [0.15, 0.2) is 59.6 Å². The van der Waals surface area contributed by atoms with Crippen LogP contribution in [-0.4, -0.2) is 42.0 Å². The number of halogens is 1. The fourth-order valence-corrected chi connectivity index (χ4v) is 2.63. The number of amidine groups is 1. The lowest BCUT2D eigenvalue weighted by atomic mass is 10.1. The maximum atomic E-state index is 13.2. The van der Waals surface area contributed by atoms with Gasteiger partial charge in [0.2, 0.25) is 0 Å². The largest absolute Gasteiger partial charge is 0.497 e. The van der Waals surface area contributed by atoms with Gasteiger partial charge in [0.15, 0.2) is 0 Å². The van der Waals surface area contributed by atoms with Crippen molar-refractivity contribution in [3.8, 4) is 5.75 Å². The Kier molecular flexibility index (Phi) is 4.79. The molecule has 0 atom stereocenters. The predicted octanol–water partition coefficient (Wildman–Crippen LogP) is 3.02. The van der Waals surface area contributed by atoms with Gasteiger partial charge in [-0.2, -0.15) is 0 Å². The number of carboxylic acids is 1. The molecule has 0 bridgehead atoms. The van der Waals surface area contributed by atoms with Crippen LogP contribution >= 0.6 is 0 Å². The highest BCUT2D eigenvalue weighted by Crippen LogP contribution is 2.25. The first kappa shape index (κ1) is 16.7. The third-order valence-corrected chi connectivity index (χ3v) is 3.82. The number of methoxy groups -OCH3 is 1. The summed E-state index contributed by atoms with van der Waals surface area (Å²) in [6, 6.07) is 13.3. The molecule has 0 saturated heterocycles. The molecule has 0 unspecified atom stereocenters. The van der Waals surface area contributed by atoms with Gasteiger partial charge in [0.1, 0.15) is 23.9 Å². The van der Waals surface area contributed by atoms with Gasteiger partial charge in [-0.3, -0.25) is 4.79 Å². The van der Waals surface area contributed by atoms with Crippen molar-refractivity contribution in [2.45, 2.75) is 0 Å². The molecule has 0 saturated carbocycles. The molecule has 1 N–H and O–H groups in total. The van der Waals surface area contributed by atoms with E-state index < -0.39 is 5.97 Å². The van der Waals surface area contributed by atoms with Gasteiger partial charge in [-0.05, 0) is 42.5 Å². The minimum atomic E-state index is -0.951. The highest BCUT2D eigenvalue weighted by atomic mass is 19.1. The maximum absolute atomic E-state index is 13.2. The van der Waals surface area contributed by atoms with Crippen LogP contribution in [0.2, 0.25) is 0 Å². The van der Waals surface area contributed by atoms with Gasteiger partial charge in [0.25, 0.3) is 0 Å². The Morgan fingerprint density at radius 2 is 2.00 bits per heavy atom. The number of carbonyl (C=O) groups is 1. The first-order chi connectivity index (χ1) is 12.1. The third-order valence-electron chi connectivity index (χ3n) is 3.82. The van der Waals surface area contributed by atoms with Crippen LogP contribution in [0.3, 0.4) is 0 Å². The van der Waals surface area contributed by atoms with Crippen LogP contribution < -0.4 is 4.74 Å². The van der Waals surface area contributed by atoms with E-state index in [4.69, 9.17) is 9.84 Å². The fourth-order valence-electron chi connectivity index (χ4n) is 2.63. The summed E-state index contributed by atoms with van der Waals surface area (Å²) >= 11 is 0. The maximum Gasteiger partial charge on any atom is 0.323 e. The molecule has 0 aromatic heterocycles. The van der Waals surface area contributed by atoms with Crippen molar-refractivity contribution in [3.63, 3.8) is 0 Å². The van der Waals surface area contributed by atoms with E-state index in [2.05, 4.69) is 4.99 Å². The Balaban J connectivity index is 2.00. The van der Waals surface area contributed by atoms with E-state index in [1.54, 1.807) is 24.1 Å². The zero-order chi connectivity index (χ0) is 17.8. The van der Waals surface area contributed by atoms with E-state index in [0.717, 1.165) is 11.3 Å². The highest BCUT2D eigenvalue weighted by Gasteiger charge is 2.21. The van der Waals surface area contributed by atoms with Crippen molar-refractivity contribution >= 4 is 17.5 Å². The summed E-state index contributed by atoms with van der Waals surface area (Å²) in [4.78, 5) is 17.4. The second kappa shape index (κ2) is 7.17. The third kappa shape index (κ3) is 3.85. The van der Waals surface area contributed by atoms with Crippen LogP contribution in [0.4, 0.5) is 4.39 Å². The molecule has 0 fully saturated rings. The van der Waals surface area contributed by atoms with Gasteiger partial charge in [-0.1, -0.05) is 12.1 Å². The van der Waals surface area contributed by atoms with Crippen molar-refractivity contribution in [1.82, 2.24) is 4.90 Å². The number of aliphatic carboxylic acids is 1. The van der Waals surface area contributed by atoms with Crippen LogP contribution in [0.25, 0.3) is 5.70 Å². The van der Waals surface area contributed by atoms with Crippen LogP contribution in [0, 0.1) is 5.82 Å². The zero-order valence-corrected chi connectivity index (χ0v) is 13.6. The van der Waals surface area contributed by atoms with E-state index >= 15 is 0 Å². The molecule has 2 aromatic rings. The number of aliphatic imine (C=N–C) groups is 1. The highest BCUT2D eigenvalue weighted by molar-refractivity contribution is 6.04. The van der Waals surface area contributed by atoms with Crippen molar-refractivity contribution in [1.29, 1.82) is 0 Å². The quantitative estimate of drug-likeness (QED) is 0.909. The fraction of sp³-hybridized carbons (Fsp3) is 0.158. The summed E-state index contributed by atoms with van der Waals surface area (Å²) in [5.41, 5.74) is 2.25. The Bertz CT molecular complexity index is 844. The molecule has 1 heterocycles. The normalized spacial score (nSPS) is 13.9. The Morgan fingerprint density at radius 1 is 1.24 bits per heavy atom. The molecule has 0 spiro atoms. The van der Waals surface area contributed by atoms with Gasteiger partial charge in [0.05, 0.1) is 12.8 Å². The summed E-state index contributed by atoms with van der Waals surface area (Å²) in [5.74, 6) is -0.0887. The summed E-state index contributed by atoms with van der Waals surface area (Å²) in [6.45, 7) is 0.215. The number of ether oxygens (including phenoxy) is 1. The number of nitrogens with zero attached hydrogens (tertiary/aromatic N) is 2. The second-order valence-electron chi connectivity index (χ2n) is 5.54. The topological polar surface area (TPSA) is 62.1 Å². The predicted molar refractivity (Wildman–Crippen MR) is 93.1 cm³/mol. The second-order valence-corrected chi connectivity index (χ2v) is 5.54. The minimum absolute atomic E-state index is 0.182. The molecule has 128 valence electrons. The van der Waals surface area contributed by atoms with Gasteiger partial charge in [-0.25, -0.2) is 9.38 Å². The first-order valence-electron chi connectivity index (χ1n) is 7.73. The molecule has 1 aliphatic heterocycles. The average Bonchev–Trinajstić information content (AvgIpc) is 2.62. The molecule has 3 rings (SSSR count). The molecule has 5 nitrogen and oxygen atoms in total. The summed E-state index contributed by atoms with van der Waals surface area (Å²) in [6.07, 6.45) is 1.87. The number of benzene rings is 2. The standard InChI is InChI=1S/C19H17FN2O3/c1-25-16-4-2-3-14(11-16)17-9-10-22(12-18(23)24)19(21-17)13-5-7-15(20)8-6-13/h2-9,11H,10,12H2,1H3,(H,23,24). The lowest BCUT2D eigenvalue weighted by Crippen LogP contribution is -2.38. The summed E-state index contributed by atoms with van der Waals surface area (Å²) in [7, 11) is 1.59. The lowest BCUT2D eigenvalue weighted by molar-refractivity contribution is -0.137.